The van der Waals surface area contributed by atoms with E-state index in [9.17, 15) is 22.8 Å². The van der Waals surface area contributed by atoms with E-state index >= 15 is 0 Å². The Bertz CT molecular complexity index is 929. The van der Waals surface area contributed by atoms with Crippen LogP contribution in [-0.2, 0) is 14.3 Å². The normalized spacial score (nSPS) is 21.5. The maximum atomic E-state index is 13.5. The molecule has 3 aliphatic rings. The van der Waals surface area contributed by atoms with Gasteiger partial charge in [-0.25, -0.2) is 4.79 Å². The van der Waals surface area contributed by atoms with E-state index in [1.165, 1.54) is 12.1 Å². The molecule has 0 aromatic heterocycles. The third-order valence-electron chi connectivity index (χ3n) is 6.75. The van der Waals surface area contributed by atoms with Crippen molar-refractivity contribution in [3.05, 3.63) is 35.4 Å². The molecule has 3 aliphatic heterocycles. The minimum atomic E-state index is -4.73. The van der Waals surface area contributed by atoms with Crippen LogP contribution in [0.1, 0.15) is 26.7 Å². The Morgan fingerprint density at radius 3 is 2.21 bits per heavy atom. The third-order valence-corrected chi connectivity index (χ3v) is 6.75. The summed E-state index contributed by atoms with van der Waals surface area (Å²) in [5, 5.41) is 0. The van der Waals surface area contributed by atoms with E-state index in [2.05, 4.69) is 16.6 Å². The summed E-state index contributed by atoms with van der Waals surface area (Å²) in [7, 11) is 0. The van der Waals surface area contributed by atoms with E-state index in [0.717, 1.165) is 25.3 Å². The van der Waals surface area contributed by atoms with Gasteiger partial charge in [0.2, 0.25) is 0 Å². The molecule has 7 nitrogen and oxygen atoms in total. The zero-order valence-electron chi connectivity index (χ0n) is 18.8. The second-order valence-corrected chi connectivity index (χ2v) is 8.64. The lowest BCUT2D eigenvalue weighted by atomic mass is 9.82. The summed E-state index contributed by atoms with van der Waals surface area (Å²) in [6.45, 7) is 8.17. The van der Waals surface area contributed by atoms with Crippen molar-refractivity contribution in [2.75, 3.05) is 50.7 Å². The number of alkyl halides is 3. The van der Waals surface area contributed by atoms with Crippen molar-refractivity contribution in [3.8, 4) is 5.75 Å². The molecule has 1 aromatic rings. The van der Waals surface area contributed by atoms with Crippen LogP contribution in [0.4, 0.5) is 18.9 Å². The fourth-order valence-corrected chi connectivity index (χ4v) is 4.87. The largest absolute Gasteiger partial charge is 0.573 e. The molecular weight excluding hydrogens is 439 g/mol. The number of esters is 1. The molecule has 0 aliphatic carbocycles. The molecular formula is C23H28F3N3O4. The van der Waals surface area contributed by atoms with Gasteiger partial charge in [0.25, 0.3) is 5.91 Å². The van der Waals surface area contributed by atoms with Crippen molar-refractivity contribution in [3.63, 3.8) is 0 Å². The number of likely N-dealkylation sites (tertiary alicyclic amines) is 1. The Kier molecular flexibility index (Phi) is 6.30. The van der Waals surface area contributed by atoms with Crippen molar-refractivity contribution in [1.29, 1.82) is 0 Å². The maximum absolute atomic E-state index is 13.5. The van der Waals surface area contributed by atoms with E-state index in [1.54, 1.807) is 24.0 Å². The van der Waals surface area contributed by atoms with Crippen LogP contribution in [0, 0.1) is 0 Å². The van der Waals surface area contributed by atoms with Crippen molar-refractivity contribution < 1.29 is 32.2 Å². The van der Waals surface area contributed by atoms with Gasteiger partial charge in [-0.15, -0.1) is 13.2 Å². The molecule has 0 bridgehead atoms. The Hall–Kier alpha value is -2.75. The molecule has 0 atom stereocenters. The van der Waals surface area contributed by atoms with Crippen LogP contribution in [0.25, 0.3) is 0 Å². The van der Waals surface area contributed by atoms with E-state index < -0.39 is 17.9 Å². The number of nitrogens with zero attached hydrogens (tertiary/aromatic N) is 3. The monoisotopic (exact) mass is 467 g/mol. The van der Waals surface area contributed by atoms with Gasteiger partial charge < -0.3 is 24.2 Å². The number of halogens is 3. The van der Waals surface area contributed by atoms with Gasteiger partial charge in [0.1, 0.15) is 11.4 Å². The van der Waals surface area contributed by atoms with Gasteiger partial charge in [-0.1, -0.05) is 6.92 Å². The summed E-state index contributed by atoms with van der Waals surface area (Å²) in [4.78, 5) is 31.9. The summed E-state index contributed by atoms with van der Waals surface area (Å²) in [5.41, 5.74) is 0.808. The highest BCUT2D eigenvalue weighted by Crippen LogP contribution is 2.42. The fourth-order valence-electron chi connectivity index (χ4n) is 4.87. The molecule has 2 fully saturated rings. The Morgan fingerprint density at radius 2 is 1.67 bits per heavy atom. The van der Waals surface area contributed by atoms with E-state index in [1.807, 2.05) is 4.90 Å². The SMILES string of the molecule is CCN1CCC2(CC1)OC(=O)C(C)=C2C(=O)N1CCN(c2ccc(OC(F)(F)F)cc2)CC1. The number of amides is 1. The van der Waals surface area contributed by atoms with Crippen LogP contribution >= 0.6 is 0 Å². The predicted molar refractivity (Wildman–Crippen MR) is 115 cm³/mol. The van der Waals surface area contributed by atoms with Crippen molar-refractivity contribution in [2.24, 2.45) is 0 Å². The first-order chi connectivity index (χ1) is 15.6. The molecule has 1 spiro atoms. The van der Waals surface area contributed by atoms with Gasteiger partial charge in [0.15, 0.2) is 0 Å². The number of carbonyl (C=O) groups excluding carboxylic acids is 2. The molecule has 0 saturated carbocycles. The van der Waals surface area contributed by atoms with Crippen molar-refractivity contribution in [2.45, 2.75) is 38.7 Å². The van der Waals surface area contributed by atoms with Gasteiger partial charge in [-0.05, 0) is 37.7 Å². The van der Waals surface area contributed by atoms with Crippen molar-refractivity contribution >= 4 is 17.6 Å². The lowest BCUT2D eigenvalue weighted by Crippen LogP contribution is -2.53. The maximum Gasteiger partial charge on any atom is 0.573 e. The molecule has 180 valence electrons. The van der Waals surface area contributed by atoms with Crippen LogP contribution in [0.2, 0.25) is 0 Å². The number of ether oxygens (including phenoxy) is 2. The van der Waals surface area contributed by atoms with Crippen LogP contribution in [0.5, 0.6) is 5.75 Å². The molecule has 2 saturated heterocycles. The van der Waals surface area contributed by atoms with Gasteiger partial charge in [0.05, 0.1) is 5.57 Å². The van der Waals surface area contributed by atoms with Crippen LogP contribution in [0.3, 0.4) is 0 Å². The molecule has 1 amide bonds. The van der Waals surface area contributed by atoms with E-state index in [0.29, 0.717) is 50.2 Å². The zero-order chi connectivity index (χ0) is 23.8. The highest BCUT2D eigenvalue weighted by molar-refractivity contribution is 6.07. The molecule has 33 heavy (non-hydrogen) atoms. The quantitative estimate of drug-likeness (QED) is 0.635. The Balaban J connectivity index is 1.41. The minimum absolute atomic E-state index is 0.156. The first kappa shape index (κ1) is 23.4. The first-order valence-electron chi connectivity index (χ1n) is 11.2. The number of anilines is 1. The molecule has 10 heteroatoms. The molecule has 4 rings (SSSR count). The van der Waals surface area contributed by atoms with Crippen LogP contribution < -0.4 is 9.64 Å². The second-order valence-electron chi connectivity index (χ2n) is 8.64. The number of benzene rings is 1. The summed E-state index contributed by atoms with van der Waals surface area (Å²) < 4.78 is 46.8. The van der Waals surface area contributed by atoms with Gasteiger partial charge in [-0.2, -0.15) is 0 Å². The first-order valence-corrected chi connectivity index (χ1v) is 11.2. The van der Waals surface area contributed by atoms with Crippen LogP contribution in [0.15, 0.2) is 35.4 Å². The second kappa shape index (κ2) is 8.89. The number of hydrogen-bond acceptors (Lipinski definition) is 6. The van der Waals surface area contributed by atoms with Crippen LogP contribution in [-0.4, -0.2) is 79.5 Å². The molecule has 3 heterocycles. The summed E-state index contributed by atoms with van der Waals surface area (Å²) in [5.74, 6) is -0.840. The van der Waals surface area contributed by atoms with Gasteiger partial charge in [-0.3, -0.25) is 4.79 Å². The van der Waals surface area contributed by atoms with E-state index in [4.69, 9.17) is 4.74 Å². The molecule has 0 N–H and O–H groups in total. The zero-order valence-corrected chi connectivity index (χ0v) is 18.8. The topological polar surface area (TPSA) is 62.3 Å². The Morgan fingerprint density at radius 1 is 1.06 bits per heavy atom. The van der Waals surface area contributed by atoms with Crippen molar-refractivity contribution in [1.82, 2.24) is 9.80 Å². The summed E-state index contributed by atoms with van der Waals surface area (Å²) in [6.07, 6.45) is -3.51. The predicted octanol–water partition coefficient (Wildman–Crippen LogP) is 2.96. The number of carbonyl (C=O) groups is 2. The molecule has 0 radical (unpaired) electrons. The number of piperidine rings is 1. The molecule has 0 unspecified atom stereocenters. The smallest absolute Gasteiger partial charge is 0.450 e. The number of hydrogen-bond donors (Lipinski definition) is 0. The number of rotatable bonds is 4. The lowest BCUT2D eigenvalue weighted by Gasteiger charge is -2.41. The minimum Gasteiger partial charge on any atom is -0.450 e. The average molecular weight is 467 g/mol. The third kappa shape index (κ3) is 4.80. The van der Waals surface area contributed by atoms with Gasteiger partial charge in [0, 0.05) is 63.4 Å². The lowest BCUT2D eigenvalue weighted by molar-refractivity contribution is -0.274. The molecule has 1 aromatic carbocycles. The fraction of sp³-hybridized carbons (Fsp3) is 0.565. The van der Waals surface area contributed by atoms with E-state index in [-0.39, 0.29) is 11.7 Å². The standard InChI is InChI=1S/C23H28F3N3O4/c1-3-27-10-8-22(9-11-27)19(16(2)21(31)33-22)20(30)29-14-12-28(13-15-29)17-4-6-18(7-5-17)32-23(24,25)26/h4-7H,3,8-15H2,1-2H3. The van der Waals surface area contributed by atoms with Gasteiger partial charge >= 0.3 is 12.3 Å². The Labute approximate surface area is 190 Å². The number of piperazine rings is 1. The highest BCUT2D eigenvalue weighted by Gasteiger charge is 2.51. The summed E-state index contributed by atoms with van der Waals surface area (Å²) in [6, 6.07) is 5.71. The summed E-state index contributed by atoms with van der Waals surface area (Å²) >= 11 is 0. The average Bonchev–Trinajstić information content (AvgIpc) is 3.02. The highest BCUT2D eigenvalue weighted by atomic mass is 19.4.